The quantitative estimate of drug-likeness (QED) is 0.542. The Balaban J connectivity index is 1.49. The van der Waals surface area contributed by atoms with Gasteiger partial charge in [0, 0.05) is 16.6 Å². The van der Waals surface area contributed by atoms with E-state index >= 15 is 0 Å². The molecule has 0 unspecified atom stereocenters. The molecule has 1 amide bonds. The van der Waals surface area contributed by atoms with Crippen molar-refractivity contribution < 1.29 is 14.4 Å². The number of quaternary nitrogens is 1. The lowest BCUT2D eigenvalue weighted by Crippen LogP contribution is -3.13. The van der Waals surface area contributed by atoms with Crippen LogP contribution in [0.15, 0.2) is 47.3 Å². The van der Waals surface area contributed by atoms with E-state index in [1.165, 1.54) is 9.47 Å². The number of aromatic nitrogens is 2. The van der Waals surface area contributed by atoms with Crippen LogP contribution in [0.5, 0.6) is 0 Å². The molecule has 0 radical (unpaired) electrons. The SMILES string of the molecule is O=C(Cn1c(C[NH+]2CCOCC2)nc2ccccc2c1=O)NCCc1ccc(Cl)cc1Cl. The molecular weight excluding hydrogens is 451 g/mol. The van der Waals surface area contributed by atoms with Crippen molar-refractivity contribution in [3.05, 3.63) is 74.3 Å². The second-order valence-corrected chi connectivity index (χ2v) is 8.65. The first-order chi connectivity index (χ1) is 15.5. The van der Waals surface area contributed by atoms with Gasteiger partial charge < -0.3 is 15.0 Å². The van der Waals surface area contributed by atoms with Crippen LogP contribution in [-0.4, -0.2) is 48.3 Å². The molecule has 1 fully saturated rings. The Bertz CT molecular complexity index is 1180. The molecule has 1 aliphatic heterocycles. The fourth-order valence-electron chi connectivity index (χ4n) is 3.83. The molecule has 0 saturated carbocycles. The van der Waals surface area contributed by atoms with Gasteiger partial charge in [0.25, 0.3) is 5.56 Å². The summed E-state index contributed by atoms with van der Waals surface area (Å²) >= 11 is 12.1. The Morgan fingerprint density at radius 2 is 1.94 bits per heavy atom. The van der Waals surface area contributed by atoms with Gasteiger partial charge in [-0.15, -0.1) is 0 Å². The van der Waals surface area contributed by atoms with E-state index in [4.69, 9.17) is 32.9 Å². The van der Waals surface area contributed by atoms with E-state index in [-0.39, 0.29) is 18.0 Å². The number of fused-ring (bicyclic) bond motifs is 1. The molecular formula is C23H25Cl2N4O3+. The summed E-state index contributed by atoms with van der Waals surface area (Å²) in [5.74, 6) is 0.369. The second-order valence-electron chi connectivity index (χ2n) is 7.81. The Morgan fingerprint density at radius 3 is 2.72 bits per heavy atom. The number of benzene rings is 2. The first-order valence-electron chi connectivity index (χ1n) is 10.6. The highest BCUT2D eigenvalue weighted by Crippen LogP contribution is 2.21. The number of carbonyl (C=O) groups excluding carboxylic acids is 1. The Kier molecular flexibility index (Phi) is 7.42. The fourth-order valence-corrected chi connectivity index (χ4v) is 4.34. The minimum atomic E-state index is -0.243. The van der Waals surface area contributed by atoms with Crippen LogP contribution in [0.4, 0.5) is 0 Å². The largest absolute Gasteiger partial charge is 0.370 e. The third kappa shape index (κ3) is 5.48. The topological polar surface area (TPSA) is 77.7 Å². The smallest absolute Gasteiger partial charge is 0.262 e. The Morgan fingerprint density at radius 1 is 1.16 bits per heavy atom. The highest BCUT2D eigenvalue weighted by molar-refractivity contribution is 6.35. The van der Waals surface area contributed by atoms with E-state index in [2.05, 4.69) is 5.32 Å². The van der Waals surface area contributed by atoms with Gasteiger partial charge in [0.15, 0.2) is 5.82 Å². The van der Waals surface area contributed by atoms with Gasteiger partial charge in [-0.2, -0.15) is 0 Å². The Hall–Kier alpha value is -2.45. The highest BCUT2D eigenvalue weighted by Gasteiger charge is 2.20. The van der Waals surface area contributed by atoms with Gasteiger partial charge in [-0.25, -0.2) is 4.98 Å². The predicted octanol–water partition coefficient (Wildman–Crippen LogP) is 1.48. The van der Waals surface area contributed by atoms with Gasteiger partial charge in [-0.05, 0) is 36.2 Å². The average Bonchev–Trinajstić information content (AvgIpc) is 2.79. The summed E-state index contributed by atoms with van der Waals surface area (Å²) in [4.78, 5) is 31.9. The molecule has 0 bridgehead atoms. The van der Waals surface area contributed by atoms with Crippen molar-refractivity contribution in [2.24, 2.45) is 0 Å². The third-order valence-corrected chi connectivity index (χ3v) is 6.17. The lowest BCUT2D eigenvalue weighted by molar-refractivity contribution is -0.922. The predicted molar refractivity (Wildman–Crippen MR) is 124 cm³/mol. The minimum Gasteiger partial charge on any atom is -0.370 e. The van der Waals surface area contributed by atoms with Crippen LogP contribution in [0.1, 0.15) is 11.4 Å². The number of morpholine rings is 1. The molecule has 1 aliphatic rings. The first-order valence-corrected chi connectivity index (χ1v) is 11.4. The van der Waals surface area contributed by atoms with E-state index in [0.29, 0.717) is 59.5 Å². The van der Waals surface area contributed by atoms with Crippen LogP contribution < -0.4 is 15.8 Å². The summed E-state index contributed by atoms with van der Waals surface area (Å²) in [6.07, 6.45) is 0.567. The summed E-state index contributed by atoms with van der Waals surface area (Å²) in [6.45, 7) is 3.94. The number of rotatable bonds is 7. The van der Waals surface area contributed by atoms with Crippen molar-refractivity contribution >= 4 is 40.0 Å². The zero-order chi connectivity index (χ0) is 22.5. The molecule has 1 saturated heterocycles. The molecule has 168 valence electrons. The van der Waals surface area contributed by atoms with Crippen molar-refractivity contribution in [1.29, 1.82) is 0 Å². The number of carbonyl (C=O) groups is 1. The van der Waals surface area contributed by atoms with Gasteiger partial charge >= 0.3 is 0 Å². The number of para-hydroxylation sites is 1. The van der Waals surface area contributed by atoms with Crippen molar-refractivity contribution in [1.82, 2.24) is 14.9 Å². The molecule has 32 heavy (non-hydrogen) atoms. The van der Waals surface area contributed by atoms with E-state index < -0.39 is 0 Å². The van der Waals surface area contributed by atoms with Crippen molar-refractivity contribution in [3.63, 3.8) is 0 Å². The van der Waals surface area contributed by atoms with Gasteiger partial charge in [-0.1, -0.05) is 41.4 Å². The van der Waals surface area contributed by atoms with Crippen LogP contribution >= 0.6 is 23.2 Å². The zero-order valence-corrected chi connectivity index (χ0v) is 19.1. The van der Waals surface area contributed by atoms with Crippen molar-refractivity contribution in [2.45, 2.75) is 19.5 Å². The number of nitrogens with zero attached hydrogens (tertiary/aromatic N) is 2. The number of nitrogens with one attached hydrogen (secondary N) is 2. The van der Waals surface area contributed by atoms with Crippen molar-refractivity contribution in [3.8, 4) is 0 Å². The molecule has 0 spiro atoms. The van der Waals surface area contributed by atoms with E-state index in [1.807, 2.05) is 18.2 Å². The summed E-state index contributed by atoms with van der Waals surface area (Å²) in [5.41, 5.74) is 1.35. The number of ether oxygens (including phenoxy) is 1. The summed E-state index contributed by atoms with van der Waals surface area (Å²) in [5, 5.41) is 4.53. The summed E-state index contributed by atoms with van der Waals surface area (Å²) in [7, 11) is 0. The summed E-state index contributed by atoms with van der Waals surface area (Å²) < 4.78 is 6.93. The standard InChI is InChI=1S/C23H24Cl2N4O3/c24-17-6-5-16(19(25)13-17)7-8-26-22(30)15-29-21(14-28-9-11-32-12-10-28)27-20-4-2-1-3-18(20)23(29)31/h1-6,13H,7-12,14-15H2,(H,26,30)/p+1. The number of amides is 1. The molecule has 2 aromatic carbocycles. The number of halogens is 2. The van der Waals surface area contributed by atoms with Crippen LogP contribution in [-0.2, 0) is 29.0 Å². The highest BCUT2D eigenvalue weighted by atomic mass is 35.5. The van der Waals surface area contributed by atoms with Gasteiger partial charge in [0.2, 0.25) is 5.91 Å². The molecule has 2 N–H and O–H groups in total. The van der Waals surface area contributed by atoms with Crippen LogP contribution in [0.25, 0.3) is 10.9 Å². The van der Waals surface area contributed by atoms with E-state index in [0.717, 1.165) is 18.7 Å². The molecule has 2 heterocycles. The number of hydrogen-bond acceptors (Lipinski definition) is 4. The molecule has 1 aromatic heterocycles. The molecule has 0 aliphatic carbocycles. The fraction of sp³-hybridized carbons (Fsp3) is 0.348. The average molecular weight is 476 g/mol. The van der Waals surface area contributed by atoms with Crippen molar-refractivity contribution in [2.75, 3.05) is 32.8 Å². The lowest BCUT2D eigenvalue weighted by atomic mass is 10.1. The van der Waals surface area contributed by atoms with E-state index in [9.17, 15) is 9.59 Å². The normalized spacial score (nSPS) is 14.6. The summed E-state index contributed by atoms with van der Waals surface area (Å²) in [6, 6.07) is 12.5. The molecule has 4 rings (SSSR count). The zero-order valence-electron chi connectivity index (χ0n) is 17.6. The molecule has 7 nitrogen and oxygen atoms in total. The number of hydrogen-bond donors (Lipinski definition) is 2. The first kappa shape index (κ1) is 22.7. The van der Waals surface area contributed by atoms with Crippen LogP contribution in [0.2, 0.25) is 10.0 Å². The molecule has 3 aromatic rings. The van der Waals surface area contributed by atoms with Gasteiger partial charge in [0.05, 0.1) is 24.1 Å². The Labute approximate surface area is 195 Å². The second kappa shape index (κ2) is 10.4. The maximum atomic E-state index is 13.2. The van der Waals surface area contributed by atoms with Gasteiger partial charge in [-0.3, -0.25) is 14.2 Å². The third-order valence-electron chi connectivity index (χ3n) is 5.58. The maximum absolute atomic E-state index is 13.2. The maximum Gasteiger partial charge on any atom is 0.262 e. The van der Waals surface area contributed by atoms with Gasteiger partial charge in [0.1, 0.15) is 26.2 Å². The van der Waals surface area contributed by atoms with Crippen LogP contribution in [0, 0.1) is 0 Å². The lowest BCUT2D eigenvalue weighted by Gasteiger charge is -2.24. The molecule has 0 atom stereocenters. The molecule has 9 heteroatoms. The minimum absolute atomic E-state index is 0.0792. The monoisotopic (exact) mass is 475 g/mol. The van der Waals surface area contributed by atoms with E-state index in [1.54, 1.807) is 24.3 Å². The van der Waals surface area contributed by atoms with Crippen LogP contribution in [0.3, 0.4) is 0 Å².